The van der Waals surface area contributed by atoms with Crippen LogP contribution < -0.4 is 16.2 Å². The average molecular weight is 334 g/mol. The van der Waals surface area contributed by atoms with Crippen LogP contribution in [-0.4, -0.2) is 24.0 Å². The Bertz CT molecular complexity index is 694. The Kier molecular flexibility index (Phi) is 5.93. The van der Waals surface area contributed by atoms with Gasteiger partial charge in [0.1, 0.15) is 10.8 Å². The van der Waals surface area contributed by atoms with E-state index in [1.165, 1.54) is 30.9 Å². The Labute approximate surface area is 136 Å². The Morgan fingerprint density at radius 3 is 2.61 bits per heavy atom. The molecule has 0 fully saturated rings. The number of amides is 3. The number of urea groups is 1. The molecule has 6 nitrogen and oxygen atoms in total. The lowest BCUT2D eigenvalue weighted by Crippen LogP contribution is -2.45. The van der Waals surface area contributed by atoms with Crippen LogP contribution in [0.25, 0.3) is 0 Å². The number of nitrogens with zero attached hydrogens (tertiary/aromatic N) is 1. The molecule has 120 valence electrons. The highest BCUT2D eigenvalue weighted by molar-refractivity contribution is 7.98. The minimum absolute atomic E-state index is 0.295. The molecule has 0 aliphatic heterocycles. The lowest BCUT2D eigenvalue weighted by Gasteiger charge is -2.09. The maximum atomic E-state index is 12.9. The fourth-order valence-electron chi connectivity index (χ4n) is 1.65. The van der Waals surface area contributed by atoms with Gasteiger partial charge in [-0.05, 0) is 29.8 Å². The molecule has 0 aliphatic carbocycles. The van der Waals surface area contributed by atoms with Crippen molar-refractivity contribution in [1.29, 1.82) is 0 Å². The van der Waals surface area contributed by atoms with Crippen molar-refractivity contribution >= 4 is 23.7 Å². The van der Waals surface area contributed by atoms with Gasteiger partial charge in [0.2, 0.25) is 0 Å². The van der Waals surface area contributed by atoms with Crippen molar-refractivity contribution in [3.05, 3.63) is 59.5 Å². The monoisotopic (exact) mass is 334 g/mol. The van der Waals surface area contributed by atoms with Gasteiger partial charge in [0.05, 0.1) is 5.56 Å². The van der Waals surface area contributed by atoms with E-state index in [1.54, 1.807) is 30.5 Å². The molecule has 0 radical (unpaired) electrons. The predicted molar refractivity (Wildman–Crippen MR) is 85.3 cm³/mol. The molecule has 2 aromatic rings. The van der Waals surface area contributed by atoms with Gasteiger partial charge in [0.25, 0.3) is 5.91 Å². The van der Waals surface area contributed by atoms with Gasteiger partial charge in [-0.15, -0.1) is 11.8 Å². The number of thioether (sulfide) groups is 1. The second-order valence-corrected chi connectivity index (χ2v) is 5.39. The lowest BCUT2D eigenvalue weighted by molar-refractivity contribution is 0.0933. The molecule has 0 saturated heterocycles. The largest absolute Gasteiger partial charge is 0.340 e. The topological polar surface area (TPSA) is 83.1 Å². The second kappa shape index (κ2) is 8.14. The number of carbonyl (C=O) groups is 2. The quantitative estimate of drug-likeness (QED) is 0.590. The summed E-state index contributed by atoms with van der Waals surface area (Å²) in [4.78, 5) is 27.3. The molecule has 1 heterocycles. The summed E-state index contributed by atoms with van der Waals surface area (Å²) in [6.07, 6.45) is 1.58. The van der Waals surface area contributed by atoms with E-state index >= 15 is 0 Å². The van der Waals surface area contributed by atoms with Gasteiger partial charge >= 0.3 is 6.03 Å². The summed E-state index contributed by atoms with van der Waals surface area (Å²) in [5.41, 5.74) is 5.76. The fourth-order valence-corrected chi connectivity index (χ4v) is 2.60. The summed E-state index contributed by atoms with van der Waals surface area (Å²) in [5, 5.41) is 2.84. The van der Waals surface area contributed by atoms with Crippen LogP contribution in [0.3, 0.4) is 0 Å². The third-order valence-electron chi connectivity index (χ3n) is 2.82. The van der Waals surface area contributed by atoms with Gasteiger partial charge < -0.3 is 5.32 Å². The Hall–Kier alpha value is -2.61. The Morgan fingerprint density at radius 2 is 1.91 bits per heavy atom. The standard InChI is InChI=1S/C15H15FN4O2S/c1-17-15(22)20-19-13(21)12-3-2-8-18-14(12)23-9-10-4-6-11(16)7-5-10/h2-8H,9H2,1H3,(H,19,21)(H2,17,20,22). The van der Waals surface area contributed by atoms with E-state index in [2.05, 4.69) is 21.2 Å². The number of aromatic nitrogens is 1. The van der Waals surface area contributed by atoms with Crippen LogP contribution in [0, 0.1) is 5.82 Å². The molecule has 0 saturated carbocycles. The van der Waals surface area contributed by atoms with Gasteiger partial charge in [0.15, 0.2) is 0 Å². The van der Waals surface area contributed by atoms with E-state index in [9.17, 15) is 14.0 Å². The zero-order chi connectivity index (χ0) is 16.7. The van der Waals surface area contributed by atoms with E-state index in [-0.39, 0.29) is 5.82 Å². The molecular formula is C15H15FN4O2S. The van der Waals surface area contributed by atoms with Crippen molar-refractivity contribution in [2.75, 3.05) is 7.05 Å². The SMILES string of the molecule is CNC(=O)NNC(=O)c1cccnc1SCc1ccc(F)cc1. The maximum absolute atomic E-state index is 12.9. The van der Waals surface area contributed by atoms with Crippen molar-refractivity contribution in [2.45, 2.75) is 10.8 Å². The number of benzene rings is 1. The van der Waals surface area contributed by atoms with Crippen LogP contribution in [0.4, 0.5) is 9.18 Å². The summed E-state index contributed by atoms with van der Waals surface area (Å²) in [6, 6.07) is 8.85. The third kappa shape index (κ3) is 4.96. The van der Waals surface area contributed by atoms with Gasteiger partial charge in [0, 0.05) is 19.0 Å². The van der Waals surface area contributed by atoms with Crippen LogP contribution in [0.2, 0.25) is 0 Å². The number of nitrogens with one attached hydrogen (secondary N) is 3. The van der Waals surface area contributed by atoms with E-state index in [0.29, 0.717) is 16.3 Å². The lowest BCUT2D eigenvalue weighted by atomic mass is 10.2. The summed E-state index contributed by atoms with van der Waals surface area (Å²) in [7, 11) is 1.44. The first-order valence-electron chi connectivity index (χ1n) is 6.70. The van der Waals surface area contributed by atoms with Crippen LogP contribution in [-0.2, 0) is 5.75 Å². The van der Waals surface area contributed by atoms with E-state index in [0.717, 1.165) is 5.56 Å². The molecule has 1 aromatic carbocycles. The van der Waals surface area contributed by atoms with Crippen molar-refractivity contribution in [1.82, 2.24) is 21.2 Å². The predicted octanol–water partition coefficient (Wildman–Crippen LogP) is 2.09. The molecule has 3 amide bonds. The van der Waals surface area contributed by atoms with Crippen LogP contribution in [0.1, 0.15) is 15.9 Å². The molecule has 0 aliphatic rings. The summed E-state index contributed by atoms with van der Waals surface area (Å²) in [5.74, 6) is -0.222. The van der Waals surface area contributed by atoms with Gasteiger partial charge in [-0.2, -0.15) is 0 Å². The van der Waals surface area contributed by atoms with Crippen LogP contribution in [0.5, 0.6) is 0 Å². The fraction of sp³-hybridized carbons (Fsp3) is 0.133. The molecule has 0 atom stereocenters. The van der Waals surface area contributed by atoms with Crippen molar-refractivity contribution < 1.29 is 14.0 Å². The number of hydrazine groups is 1. The summed E-state index contributed by atoms with van der Waals surface area (Å²) in [6.45, 7) is 0. The highest BCUT2D eigenvalue weighted by Gasteiger charge is 2.13. The molecule has 0 spiro atoms. The van der Waals surface area contributed by atoms with Crippen molar-refractivity contribution in [3.63, 3.8) is 0 Å². The average Bonchev–Trinajstić information content (AvgIpc) is 2.59. The Morgan fingerprint density at radius 1 is 1.17 bits per heavy atom. The third-order valence-corrected chi connectivity index (χ3v) is 3.90. The zero-order valence-electron chi connectivity index (χ0n) is 12.3. The molecule has 1 aromatic heterocycles. The van der Waals surface area contributed by atoms with E-state index < -0.39 is 11.9 Å². The summed E-state index contributed by atoms with van der Waals surface area (Å²) < 4.78 is 12.9. The number of hydrogen-bond donors (Lipinski definition) is 3. The highest BCUT2D eigenvalue weighted by Crippen LogP contribution is 2.24. The smallest absolute Gasteiger partial charge is 0.333 e. The molecule has 23 heavy (non-hydrogen) atoms. The van der Waals surface area contributed by atoms with Gasteiger partial charge in [-0.3, -0.25) is 10.2 Å². The number of hydrogen-bond acceptors (Lipinski definition) is 4. The van der Waals surface area contributed by atoms with E-state index in [4.69, 9.17) is 0 Å². The second-order valence-electron chi connectivity index (χ2n) is 4.43. The van der Waals surface area contributed by atoms with Gasteiger partial charge in [-0.1, -0.05) is 12.1 Å². The van der Waals surface area contributed by atoms with E-state index in [1.807, 2.05) is 0 Å². The highest BCUT2D eigenvalue weighted by atomic mass is 32.2. The maximum Gasteiger partial charge on any atom is 0.333 e. The molecule has 8 heteroatoms. The first kappa shape index (κ1) is 16.8. The number of halogens is 1. The van der Waals surface area contributed by atoms with Crippen molar-refractivity contribution in [3.8, 4) is 0 Å². The normalized spacial score (nSPS) is 10.0. The molecular weight excluding hydrogens is 319 g/mol. The number of pyridine rings is 1. The van der Waals surface area contributed by atoms with Crippen LogP contribution >= 0.6 is 11.8 Å². The minimum atomic E-state index is -0.525. The minimum Gasteiger partial charge on any atom is -0.340 e. The van der Waals surface area contributed by atoms with Crippen LogP contribution in [0.15, 0.2) is 47.6 Å². The molecule has 3 N–H and O–H groups in total. The molecule has 2 rings (SSSR count). The van der Waals surface area contributed by atoms with Crippen molar-refractivity contribution in [2.24, 2.45) is 0 Å². The number of rotatable bonds is 4. The zero-order valence-corrected chi connectivity index (χ0v) is 13.1. The number of carbonyl (C=O) groups excluding carboxylic acids is 2. The van der Waals surface area contributed by atoms with Gasteiger partial charge in [-0.25, -0.2) is 19.6 Å². The first-order chi connectivity index (χ1) is 11.1. The summed E-state index contributed by atoms with van der Waals surface area (Å²) >= 11 is 1.35. The Balaban J connectivity index is 2.03. The molecule has 0 bridgehead atoms. The molecule has 0 unspecified atom stereocenters. The first-order valence-corrected chi connectivity index (χ1v) is 7.69.